The molecular formula is C14H14N4O3. The smallest absolute Gasteiger partial charge is 0.293 e. The van der Waals surface area contributed by atoms with Gasteiger partial charge in [-0.1, -0.05) is 0 Å². The van der Waals surface area contributed by atoms with Crippen LogP contribution in [0.3, 0.4) is 0 Å². The van der Waals surface area contributed by atoms with Crippen LogP contribution in [0.5, 0.6) is 5.75 Å². The highest BCUT2D eigenvalue weighted by Crippen LogP contribution is 2.29. The van der Waals surface area contributed by atoms with Crippen molar-refractivity contribution in [2.75, 3.05) is 7.11 Å². The van der Waals surface area contributed by atoms with Crippen LogP contribution in [0, 0.1) is 0 Å². The summed E-state index contributed by atoms with van der Waals surface area (Å²) in [5, 5.41) is 8.45. The number of rotatable bonds is 5. The van der Waals surface area contributed by atoms with Crippen LogP contribution in [0.1, 0.15) is 5.56 Å². The van der Waals surface area contributed by atoms with E-state index in [1.54, 1.807) is 28.7 Å². The van der Waals surface area contributed by atoms with Gasteiger partial charge in [0.15, 0.2) is 0 Å². The van der Waals surface area contributed by atoms with Crippen LogP contribution in [-0.4, -0.2) is 33.0 Å². The lowest BCUT2D eigenvalue weighted by Gasteiger charge is -2.07. The first-order valence-corrected chi connectivity index (χ1v) is 6.31. The monoisotopic (exact) mass is 286 g/mol. The average Bonchev–Trinajstić information content (AvgIpc) is 3.10. The zero-order valence-electron chi connectivity index (χ0n) is 11.7. The normalized spacial score (nSPS) is 10.8. The largest absolute Gasteiger partial charge is 0.494 e. The molecule has 0 aromatic carbocycles. The minimum Gasteiger partial charge on any atom is -0.494 e. The summed E-state index contributed by atoms with van der Waals surface area (Å²) in [5.41, 5.74) is 3.49. The Balaban J connectivity index is 2.12. The number of hydrogen-bond acceptors (Lipinski definition) is 5. The summed E-state index contributed by atoms with van der Waals surface area (Å²) in [7, 11) is 3.46. The van der Waals surface area contributed by atoms with Crippen LogP contribution in [0.25, 0.3) is 16.6 Å². The van der Waals surface area contributed by atoms with Gasteiger partial charge >= 0.3 is 0 Å². The summed E-state index contributed by atoms with van der Waals surface area (Å²) in [4.78, 5) is 10.3. The van der Waals surface area contributed by atoms with Gasteiger partial charge in [0.2, 0.25) is 0 Å². The molecule has 0 bridgehead atoms. The number of nitrogens with zero attached hydrogens (tertiary/aromatic N) is 4. The Morgan fingerprint density at radius 2 is 2.10 bits per heavy atom. The number of fused-ring (bicyclic) bond motifs is 1. The zero-order chi connectivity index (χ0) is 14.8. The Hall–Kier alpha value is -2.83. The van der Waals surface area contributed by atoms with Crippen molar-refractivity contribution in [1.82, 2.24) is 19.4 Å². The van der Waals surface area contributed by atoms with Crippen LogP contribution in [0.4, 0.5) is 0 Å². The molecule has 3 aromatic heterocycles. The maximum Gasteiger partial charge on any atom is 0.293 e. The molecule has 21 heavy (non-hydrogen) atoms. The highest BCUT2D eigenvalue weighted by molar-refractivity contribution is 5.72. The Labute approximate surface area is 120 Å². The van der Waals surface area contributed by atoms with E-state index in [1.165, 1.54) is 0 Å². The molecule has 0 spiro atoms. The van der Waals surface area contributed by atoms with Crippen molar-refractivity contribution >= 4 is 12.0 Å². The van der Waals surface area contributed by atoms with Crippen molar-refractivity contribution in [3.05, 3.63) is 36.4 Å². The number of carbonyl (C=O) groups is 1. The Morgan fingerprint density at radius 3 is 2.76 bits per heavy atom. The number of ether oxygens (including phenoxy) is 2. The first-order chi connectivity index (χ1) is 10.2. The summed E-state index contributed by atoms with van der Waals surface area (Å²) < 4.78 is 13.7. The standard InChI is InChI=1S/C14H14N4O3/c1-17-6-11(4-15-17)10-3-13(20-2)14-12(8-21-9-19)5-16-18(14)7-10/h3-7,9H,8H2,1-2H3. The van der Waals surface area contributed by atoms with E-state index < -0.39 is 0 Å². The van der Waals surface area contributed by atoms with E-state index in [-0.39, 0.29) is 6.61 Å². The summed E-state index contributed by atoms with van der Waals surface area (Å²) in [6.07, 6.45) is 7.24. The van der Waals surface area contributed by atoms with Gasteiger partial charge in [0.05, 0.1) is 19.5 Å². The van der Waals surface area contributed by atoms with Crippen LogP contribution in [0.15, 0.2) is 30.9 Å². The van der Waals surface area contributed by atoms with E-state index in [0.29, 0.717) is 12.2 Å². The molecule has 3 heterocycles. The zero-order valence-corrected chi connectivity index (χ0v) is 11.7. The molecule has 3 aromatic rings. The first-order valence-electron chi connectivity index (χ1n) is 6.31. The van der Waals surface area contributed by atoms with E-state index in [1.807, 2.05) is 25.5 Å². The molecule has 0 saturated carbocycles. The van der Waals surface area contributed by atoms with Crippen molar-refractivity contribution in [2.24, 2.45) is 7.05 Å². The second-order valence-corrected chi connectivity index (χ2v) is 4.57. The lowest BCUT2D eigenvalue weighted by molar-refractivity contribution is -0.129. The molecular weight excluding hydrogens is 272 g/mol. The lowest BCUT2D eigenvalue weighted by Crippen LogP contribution is -1.96. The molecule has 0 fully saturated rings. The van der Waals surface area contributed by atoms with E-state index in [4.69, 9.17) is 9.47 Å². The van der Waals surface area contributed by atoms with Crippen molar-refractivity contribution in [1.29, 1.82) is 0 Å². The van der Waals surface area contributed by atoms with Crippen LogP contribution < -0.4 is 4.74 Å². The second-order valence-electron chi connectivity index (χ2n) is 4.57. The molecule has 0 atom stereocenters. The fourth-order valence-corrected chi connectivity index (χ4v) is 2.26. The van der Waals surface area contributed by atoms with E-state index in [2.05, 4.69) is 10.2 Å². The van der Waals surface area contributed by atoms with E-state index in [0.717, 1.165) is 22.2 Å². The number of carbonyl (C=O) groups excluding carboxylic acids is 1. The van der Waals surface area contributed by atoms with Gasteiger partial charge in [0, 0.05) is 36.1 Å². The summed E-state index contributed by atoms with van der Waals surface area (Å²) in [6, 6.07) is 1.92. The summed E-state index contributed by atoms with van der Waals surface area (Å²) in [5.74, 6) is 0.665. The Bertz CT molecular complexity index is 791. The van der Waals surface area contributed by atoms with Gasteiger partial charge in [0.25, 0.3) is 6.47 Å². The molecule has 0 aliphatic carbocycles. The minimum absolute atomic E-state index is 0.162. The molecule has 0 amide bonds. The number of aryl methyl sites for hydroxylation is 1. The molecule has 0 unspecified atom stereocenters. The Morgan fingerprint density at radius 1 is 1.24 bits per heavy atom. The van der Waals surface area contributed by atoms with Crippen molar-refractivity contribution in [2.45, 2.75) is 6.61 Å². The third-order valence-corrected chi connectivity index (χ3v) is 3.22. The number of pyridine rings is 1. The van der Waals surface area contributed by atoms with Crippen LogP contribution >= 0.6 is 0 Å². The molecule has 0 radical (unpaired) electrons. The third kappa shape index (κ3) is 2.33. The topological polar surface area (TPSA) is 70.7 Å². The molecule has 7 heteroatoms. The van der Waals surface area contributed by atoms with Gasteiger partial charge in [-0.05, 0) is 6.07 Å². The summed E-state index contributed by atoms with van der Waals surface area (Å²) >= 11 is 0. The number of aromatic nitrogens is 4. The number of methoxy groups -OCH3 is 1. The van der Waals surface area contributed by atoms with Gasteiger partial charge in [-0.25, -0.2) is 4.52 Å². The second kappa shape index (κ2) is 5.28. The third-order valence-electron chi connectivity index (χ3n) is 3.22. The van der Waals surface area contributed by atoms with Gasteiger partial charge in [-0.15, -0.1) is 0 Å². The predicted octanol–water partition coefficient (Wildman–Crippen LogP) is 1.42. The quantitative estimate of drug-likeness (QED) is 0.663. The van der Waals surface area contributed by atoms with Crippen molar-refractivity contribution in [3.63, 3.8) is 0 Å². The summed E-state index contributed by atoms with van der Waals surface area (Å²) in [6.45, 7) is 0.579. The fraction of sp³-hybridized carbons (Fsp3) is 0.214. The Kier molecular flexibility index (Phi) is 3.31. The van der Waals surface area contributed by atoms with E-state index >= 15 is 0 Å². The minimum atomic E-state index is 0.162. The van der Waals surface area contributed by atoms with E-state index in [9.17, 15) is 4.79 Å². The van der Waals surface area contributed by atoms with Crippen molar-refractivity contribution in [3.8, 4) is 16.9 Å². The molecule has 0 aliphatic heterocycles. The average molecular weight is 286 g/mol. The fourth-order valence-electron chi connectivity index (χ4n) is 2.26. The maximum atomic E-state index is 10.3. The molecule has 0 aliphatic rings. The molecule has 0 N–H and O–H groups in total. The number of hydrogen-bond donors (Lipinski definition) is 0. The van der Waals surface area contributed by atoms with Crippen LogP contribution in [0.2, 0.25) is 0 Å². The molecule has 3 rings (SSSR count). The molecule has 108 valence electrons. The van der Waals surface area contributed by atoms with Gasteiger partial charge < -0.3 is 9.47 Å². The van der Waals surface area contributed by atoms with Gasteiger partial charge in [-0.2, -0.15) is 10.2 Å². The highest BCUT2D eigenvalue weighted by Gasteiger charge is 2.13. The molecule has 7 nitrogen and oxygen atoms in total. The first kappa shape index (κ1) is 13.2. The maximum absolute atomic E-state index is 10.3. The SMILES string of the molecule is COc1cc(-c2cnn(C)c2)cn2ncc(COC=O)c12. The predicted molar refractivity (Wildman–Crippen MR) is 74.8 cm³/mol. The van der Waals surface area contributed by atoms with Gasteiger partial charge in [-0.3, -0.25) is 9.48 Å². The molecule has 0 saturated heterocycles. The van der Waals surface area contributed by atoms with Crippen LogP contribution in [-0.2, 0) is 23.2 Å². The lowest BCUT2D eigenvalue weighted by atomic mass is 10.1. The van der Waals surface area contributed by atoms with Crippen molar-refractivity contribution < 1.29 is 14.3 Å². The highest BCUT2D eigenvalue weighted by atomic mass is 16.5. The van der Waals surface area contributed by atoms with Gasteiger partial charge in [0.1, 0.15) is 17.9 Å².